The summed E-state index contributed by atoms with van der Waals surface area (Å²) in [5.74, 6) is 0.834. The van der Waals surface area contributed by atoms with Crippen LogP contribution in [0.15, 0.2) is 36.4 Å². The number of benzene rings is 1. The topological polar surface area (TPSA) is 61.8 Å². The van der Waals surface area contributed by atoms with Gasteiger partial charge in [0.2, 0.25) is 0 Å². The Labute approximate surface area is 110 Å². The van der Waals surface area contributed by atoms with Crippen LogP contribution in [0.5, 0.6) is 5.75 Å². The molecule has 0 saturated heterocycles. The van der Waals surface area contributed by atoms with Gasteiger partial charge >= 0.3 is 0 Å². The number of fused-ring (bicyclic) bond motifs is 3. The molecule has 3 rings (SSSR count). The van der Waals surface area contributed by atoms with Gasteiger partial charge in [0.25, 0.3) is 0 Å². The van der Waals surface area contributed by atoms with E-state index in [9.17, 15) is 0 Å². The maximum Gasteiger partial charge on any atom is 0.139 e. The molecule has 0 fully saturated rings. The molecular weight excluding hydrogens is 238 g/mol. The molecule has 0 atom stereocenters. The summed E-state index contributed by atoms with van der Waals surface area (Å²) in [5, 5.41) is 9.16. The van der Waals surface area contributed by atoms with Crippen LogP contribution >= 0.6 is 0 Å². The number of H-pyrrole nitrogens is 1. The summed E-state index contributed by atoms with van der Waals surface area (Å²) in [7, 11) is 1.66. The first kappa shape index (κ1) is 11.5. The van der Waals surface area contributed by atoms with Crippen LogP contribution in [0.3, 0.4) is 0 Å². The zero-order valence-corrected chi connectivity index (χ0v) is 10.5. The monoisotopic (exact) mass is 251 g/mol. The molecule has 2 aromatic heterocycles. The van der Waals surface area contributed by atoms with Gasteiger partial charge < -0.3 is 15.1 Å². The van der Waals surface area contributed by atoms with Crippen LogP contribution in [0.4, 0.5) is 0 Å². The van der Waals surface area contributed by atoms with Crippen molar-refractivity contribution < 1.29 is 4.74 Å². The van der Waals surface area contributed by atoms with Gasteiger partial charge in [-0.2, -0.15) is 0 Å². The van der Waals surface area contributed by atoms with Crippen LogP contribution in [-0.2, 0) is 0 Å². The molecule has 94 valence electrons. The van der Waals surface area contributed by atoms with E-state index in [0.29, 0.717) is 0 Å². The SMILES string of the molecule is COc1ccc2[nH]c3nc(/C=C\C=N)ccc3c2c1. The molecular formula is C15H13N3O. The Morgan fingerprint density at radius 3 is 2.89 bits per heavy atom. The zero-order chi connectivity index (χ0) is 13.2. The lowest BCUT2D eigenvalue weighted by Crippen LogP contribution is -1.81. The average molecular weight is 251 g/mol. The highest BCUT2D eigenvalue weighted by atomic mass is 16.5. The predicted octanol–water partition coefficient (Wildman–Crippen LogP) is 3.39. The van der Waals surface area contributed by atoms with Gasteiger partial charge in [-0.15, -0.1) is 0 Å². The quantitative estimate of drug-likeness (QED) is 0.701. The maximum absolute atomic E-state index is 6.99. The number of aromatic amines is 1. The summed E-state index contributed by atoms with van der Waals surface area (Å²) in [5.41, 5.74) is 2.71. The number of nitrogens with one attached hydrogen (secondary N) is 2. The molecule has 0 aliphatic heterocycles. The van der Waals surface area contributed by atoms with Crippen molar-refractivity contribution in [1.29, 1.82) is 5.41 Å². The Balaban J connectivity index is 2.22. The fraction of sp³-hybridized carbons (Fsp3) is 0.0667. The highest BCUT2D eigenvalue weighted by Gasteiger charge is 2.06. The van der Waals surface area contributed by atoms with Crippen LogP contribution in [-0.4, -0.2) is 23.3 Å². The number of hydrogen-bond donors (Lipinski definition) is 2. The molecule has 4 heteroatoms. The summed E-state index contributed by atoms with van der Waals surface area (Å²) in [6.07, 6.45) is 4.69. The molecule has 0 aliphatic rings. The predicted molar refractivity (Wildman–Crippen MR) is 78.0 cm³/mol. The minimum Gasteiger partial charge on any atom is -0.497 e. The van der Waals surface area contributed by atoms with Gasteiger partial charge in [0.1, 0.15) is 11.4 Å². The standard InChI is InChI=1S/C15H13N3O/c1-19-11-5-7-14-13(9-11)12-6-4-10(3-2-8-16)17-15(12)18-14/h2-9,16H,1H3,(H,17,18)/b3-2-,16-8?. The third-order valence-corrected chi connectivity index (χ3v) is 3.05. The van der Waals surface area contributed by atoms with Gasteiger partial charge in [0, 0.05) is 22.5 Å². The van der Waals surface area contributed by atoms with E-state index >= 15 is 0 Å². The number of nitrogens with zero attached hydrogens (tertiary/aromatic N) is 1. The molecule has 0 saturated carbocycles. The van der Waals surface area contributed by atoms with Crippen molar-refractivity contribution in [2.24, 2.45) is 0 Å². The lowest BCUT2D eigenvalue weighted by molar-refractivity contribution is 0.415. The van der Waals surface area contributed by atoms with Crippen molar-refractivity contribution in [3.05, 3.63) is 42.1 Å². The van der Waals surface area contributed by atoms with Crippen molar-refractivity contribution in [1.82, 2.24) is 9.97 Å². The van der Waals surface area contributed by atoms with E-state index in [4.69, 9.17) is 10.1 Å². The molecule has 2 N–H and O–H groups in total. The van der Waals surface area contributed by atoms with Crippen molar-refractivity contribution in [2.75, 3.05) is 7.11 Å². The van der Waals surface area contributed by atoms with Crippen molar-refractivity contribution in [2.45, 2.75) is 0 Å². The number of allylic oxidation sites excluding steroid dienone is 1. The molecule has 0 aliphatic carbocycles. The number of methoxy groups -OCH3 is 1. The normalized spacial score (nSPS) is 11.4. The highest BCUT2D eigenvalue weighted by Crippen LogP contribution is 2.27. The van der Waals surface area contributed by atoms with Gasteiger partial charge in [0.15, 0.2) is 0 Å². The molecule has 4 nitrogen and oxygen atoms in total. The largest absolute Gasteiger partial charge is 0.497 e. The highest BCUT2D eigenvalue weighted by molar-refractivity contribution is 6.06. The summed E-state index contributed by atoms with van der Waals surface area (Å²) in [4.78, 5) is 7.81. The molecule has 0 amide bonds. The van der Waals surface area contributed by atoms with Crippen LogP contribution in [0.25, 0.3) is 28.0 Å². The molecule has 0 bridgehead atoms. The first-order chi connectivity index (χ1) is 9.31. The first-order valence-corrected chi connectivity index (χ1v) is 5.95. The van der Waals surface area contributed by atoms with Gasteiger partial charge in [-0.05, 0) is 42.5 Å². The number of hydrogen-bond acceptors (Lipinski definition) is 3. The molecule has 19 heavy (non-hydrogen) atoms. The second kappa shape index (κ2) is 4.57. The van der Waals surface area contributed by atoms with Crippen LogP contribution in [0.1, 0.15) is 5.69 Å². The molecule has 0 radical (unpaired) electrons. The second-order valence-corrected chi connectivity index (χ2v) is 4.19. The summed E-state index contributed by atoms with van der Waals surface area (Å²) in [6, 6.07) is 9.89. The van der Waals surface area contributed by atoms with E-state index in [-0.39, 0.29) is 0 Å². The number of aromatic nitrogens is 2. The van der Waals surface area contributed by atoms with Crippen LogP contribution in [0.2, 0.25) is 0 Å². The van der Waals surface area contributed by atoms with E-state index in [2.05, 4.69) is 9.97 Å². The van der Waals surface area contributed by atoms with Gasteiger partial charge in [-0.3, -0.25) is 0 Å². The van der Waals surface area contributed by atoms with E-state index in [0.717, 1.165) is 33.4 Å². The summed E-state index contributed by atoms with van der Waals surface area (Å²) in [6.45, 7) is 0. The Morgan fingerprint density at radius 1 is 1.21 bits per heavy atom. The van der Waals surface area contributed by atoms with Crippen molar-refractivity contribution in [3.8, 4) is 5.75 Å². The lowest BCUT2D eigenvalue weighted by atomic mass is 10.2. The Bertz CT molecular complexity index is 787. The van der Waals surface area contributed by atoms with E-state index in [1.807, 2.05) is 30.3 Å². The summed E-state index contributed by atoms with van der Waals surface area (Å²) >= 11 is 0. The Hall–Kier alpha value is -2.62. The molecule has 2 heterocycles. The second-order valence-electron chi connectivity index (χ2n) is 4.19. The number of ether oxygens (including phenoxy) is 1. The smallest absolute Gasteiger partial charge is 0.139 e. The third kappa shape index (κ3) is 1.97. The van der Waals surface area contributed by atoms with Crippen molar-refractivity contribution in [3.63, 3.8) is 0 Å². The zero-order valence-electron chi connectivity index (χ0n) is 10.5. The Morgan fingerprint density at radius 2 is 2.11 bits per heavy atom. The minimum atomic E-state index is 0.828. The number of rotatable bonds is 3. The summed E-state index contributed by atoms with van der Waals surface area (Å²) < 4.78 is 5.25. The average Bonchev–Trinajstić information content (AvgIpc) is 2.81. The van der Waals surface area contributed by atoms with E-state index in [1.165, 1.54) is 6.21 Å². The van der Waals surface area contributed by atoms with Gasteiger partial charge in [-0.1, -0.05) is 0 Å². The van der Waals surface area contributed by atoms with Gasteiger partial charge in [0.05, 0.1) is 12.8 Å². The van der Waals surface area contributed by atoms with Crippen LogP contribution in [0, 0.1) is 5.41 Å². The lowest BCUT2D eigenvalue weighted by Gasteiger charge is -1.98. The number of pyridine rings is 1. The third-order valence-electron chi connectivity index (χ3n) is 3.05. The van der Waals surface area contributed by atoms with E-state index < -0.39 is 0 Å². The minimum absolute atomic E-state index is 0.828. The molecule has 0 unspecified atom stereocenters. The van der Waals surface area contributed by atoms with Crippen molar-refractivity contribution >= 4 is 34.2 Å². The van der Waals surface area contributed by atoms with Gasteiger partial charge in [-0.25, -0.2) is 4.98 Å². The molecule has 1 aromatic carbocycles. The fourth-order valence-corrected chi connectivity index (χ4v) is 2.14. The maximum atomic E-state index is 6.99. The molecule has 3 aromatic rings. The molecule has 0 spiro atoms. The Kier molecular flexibility index (Phi) is 2.76. The van der Waals surface area contributed by atoms with E-state index in [1.54, 1.807) is 19.3 Å². The van der Waals surface area contributed by atoms with Crippen LogP contribution < -0.4 is 4.74 Å². The first-order valence-electron chi connectivity index (χ1n) is 5.95. The fourth-order valence-electron chi connectivity index (χ4n) is 2.14.